The first-order chi connectivity index (χ1) is 13.2. The smallest absolute Gasteiger partial charge is 0.318 e. The molecule has 0 saturated carbocycles. The van der Waals surface area contributed by atoms with E-state index in [1.807, 2.05) is 35.2 Å². The van der Waals surface area contributed by atoms with E-state index in [0.717, 1.165) is 35.4 Å². The van der Waals surface area contributed by atoms with E-state index in [4.69, 9.17) is 4.74 Å². The summed E-state index contributed by atoms with van der Waals surface area (Å²) in [6.07, 6.45) is 1.77. The summed E-state index contributed by atoms with van der Waals surface area (Å²) in [5.41, 5.74) is 4.62. The van der Waals surface area contributed by atoms with Crippen LogP contribution < -0.4 is 10.1 Å². The Morgan fingerprint density at radius 3 is 2.74 bits per heavy atom. The molecule has 3 aromatic rings. The number of rotatable bonds is 4. The number of hydrogen-bond acceptors (Lipinski definition) is 2. The maximum Gasteiger partial charge on any atom is 0.318 e. The summed E-state index contributed by atoms with van der Waals surface area (Å²) in [5.74, 6) is 0.813. The zero-order valence-corrected chi connectivity index (χ0v) is 15.8. The molecule has 1 aliphatic heterocycles. The van der Waals surface area contributed by atoms with Gasteiger partial charge in [0.2, 0.25) is 0 Å². The van der Waals surface area contributed by atoms with Crippen LogP contribution in [0.3, 0.4) is 0 Å². The van der Waals surface area contributed by atoms with Gasteiger partial charge in [-0.3, -0.25) is 0 Å². The second-order valence-corrected chi connectivity index (χ2v) is 6.91. The van der Waals surface area contributed by atoms with Gasteiger partial charge in [0.05, 0.1) is 13.2 Å². The lowest BCUT2D eigenvalue weighted by molar-refractivity contribution is 0.179. The molecule has 2 N–H and O–H groups in total. The van der Waals surface area contributed by atoms with Crippen molar-refractivity contribution in [2.45, 2.75) is 25.8 Å². The molecule has 0 bridgehead atoms. The minimum absolute atomic E-state index is 0.0121. The minimum atomic E-state index is -0.135. The number of benzene rings is 2. The third-order valence-corrected chi connectivity index (χ3v) is 5.25. The fraction of sp³-hybridized carbons (Fsp3) is 0.318. The summed E-state index contributed by atoms with van der Waals surface area (Å²) >= 11 is 0. The monoisotopic (exact) mass is 363 g/mol. The van der Waals surface area contributed by atoms with Crippen molar-refractivity contribution in [3.63, 3.8) is 0 Å². The molecule has 0 unspecified atom stereocenters. The molecule has 1 aromatic heterocycles. The topological polar surface area (TPSA) is 57.4 Å². The van der Waals surface area contributed by atoms with Gasteiger partial charge in [0.25, 0.3) is 0 Å². The van der Waals surface area contributed by atoms with Crippen LogP contribution in [0, 0.1) is 0 Å². The fourth-order valence-electron chi connectivity index (χ4n) is 3.93. The van der Waals surface area contributed by atoms with Crippen LogP contribution in [-0.4, -0.2) is 36.1 Å². The third-order valence-electron chi connectivity index (χ3n) is 5.25. The summed E-state index contributed by atoms with van der Waals surface area (Å²) in [4.78, 5) is 18.4. The van der Waals surface area contributed by atoms with Crippen molar-refractivity contribution in [3.05, 3.63) is 65.4 Å². The van der Waals surface area contributed by atoms with E-state index >= 15 is 0 Å². The van der Waals surface area contributed by atoms with E-state index in [-0.39, 0.29) is 12.1 Å². The highest BCUT2D eigenvalue weighted by molar-refractivity contribution is 5.86. The summed E-state index contributed by atoms with van der Waals surface area (Å²) in [7, 11) is 1.66. The summed E-state index contributed by atoms with van der Waals surface area (Å²) in [6, 6.07) is 16.2. The van der Waals surface area contributed by atoms with Crippen LogP contribution in [0.15, 0.2) is 48.5 Å². The molecule has 5 nitrogen and oxygen atoms in total. The Kier molecular flexibility index (Phi) is 4.75. The van der Waals surface area contributed by atoms with E-state index in [2.05, 4.69) is 35.4 Å². The largest absolute Gasteiger partial charge is 0.497 e. The van der Waals surface area contributed by atoms with Crippen molar-refractivity contribution in [1.82, 2.24) is 15.2 Å². The second kappa shape index (κ2) is 7.35. The molecule has 1 atom stereocenters. The van der Waals surface area contributed by atoms with Crippen molar-refractivity contribution in [3.8, 4) is 5.75 Å². The van der Waals surface area contributed by atoms with Gasteiger partial charge in [0.1, 0.15) is 5.75 Å². The summed E-state index contributed by atoms with van der Waals surface area (Å²) in [5, 5.41) is 4.29. The number of aromatic amines is 1. The quantitative estimate of drug-likeness (QED) is 0.728. The van der Waals surface area contributed by atoms with Crippen LogP contribution in [-0.2, 0) is 6.42 Å². The standard InChI is InChI=1S/C22H25N3O2/c1-3-13-23-22(26)25-14-12-18-17-6-4-5-7-19(17)24-20(18)21(25)15-8-10-16(27-2)11-9-15/h4-11,21,24H,3,12-14H2,1-2H3,(H,23,26)/t21-/m1/s1. The Labute approximate surface area is 159 Å². The fourth-order valence-corrected chi connectivity index (χ4v) is 3.93. The van der Waals surface area contributed by atoms with Crippen LogP contribution in [0.2, 0.25) is 0 Å². The number of carbonyl (C=O) groups is 1. The molecule has 27 heavy (non-hydrogen) atoms. The van der Waals surface area contributed by atoms with E-state index in [1.54, 1.807) is 7.11 Å². The molecular weight excluding hydrogens is 338 g/mol. The Hall–Kier alpha value is -2.95. The molecule has 0 saturated heterocycles. The predicted molar refractivity (Wildman–Crippen MR) is 107 cm³/mol. The number of carbonyl (C=O) groups excluding carboxylic acids is 1. The second-order valence-electron chi connectivity index (χ2n) is 6.91. The maximum atomic E-state index is 12.9. The zero-order valence-electron chi connectivity index (χ0n) is 15.8. The zero-order chi connectivity index (χ0) is 18.8. The van der Waals surface area contributed by atoms with Gasteiger partial charge in [-0.1, -0.05) is 37.3 Å². The van der Waals surface area contributed by atoms with Crippen LogP contribution in [0.1, 0.15) is 36.2 Å². The lowest BCUT2D eigenvalue weighted by Gasteiger charge is -2.36. The van der Waals surface area contributed by atoms with Crippen molar-refractivity contribution in [2.24, 2.45) is 0 Å². The Bertz CT molecular complexity index is 946. The molecule has 0 aliphatic carbocycles. The number of nitrogens with one attached hydrogen (secondary N) is 2. The van der Waals surface area contributed by atoms with Gasteiger partial charge in [-0.15, -0.1) is 0 Å². The molecular formula is C22H25N3O2. The Morgan fingerprint density at radius 2 is 2.00 bits per heavy atom. The molecule has 2 amide bonds. The first-order valence-corrected chi connectivity index (χ1v) is 9.50. The van der Waals surface area contributed by atoms with Crippen molar-refractivity contribution in [1.29, 1.82) is 0 Å². The number of ether oxygens (including phenoxy) is 1. The lowest BCUT2D eigenvalue weighted by atomic mass is 9.92. The molecule has 140 valence electrons. The van der Waals surface area contributed by atoms with Crippen LogP contribution in [0.4, 0.5) is 4.79 Å². The minimum Gasteiger partial charge on any atom is -0.497 e. The number of fused-ring (bicyclic) bond motifs is 3. The highest BCUT2D eigenvalue weighted by atomic mass is 16.5. The number of nitrogens with zero attached hydrogens (tertiary/aromatic N) is 1. The Balaban J connectivity index is 1.80. The molecule has 5 heteroatoms. The van der Waals surface area contributed by atoms with Gasteiger partial charge in [-0.25, -0.2) is 4.79 Å². The average Bonchev–Trinajstić information content (AvgIpc) is 3.10. The number of urea groups is 1. The number of H-pyrrole nitrogens is 1. The maximum absolute atomic E-state index is 12.9. The molecule has 1 aliphatic rings. The molecule has 0 radical (unpaired) electrons. The molecule has 0 spiro atoms. The lowest BCUT2D eigenvalue weighted by Crippen LogP contribution is -2.46. The van der Waals surface area contributed by atoms with Crippen LogP contribution >= 0.6 is 0 Å². The summed E-state index contributed by atoms with van der Waals surface area (Å²) in [6.45, 7) is 3.44. The van der Waals surface area contributed by atoms with E-state index < -0.39 is 0 Å². The Morgan fingerprint density at radius 1 is 1.22 bits per heavy atom. The molecule has 0 fully saturated rings. The van der Waals surface area contributed by atoms with E-state index in [0.29, 0.717) is 13.1 Å². The first-order valence-electron chi connectivity index (χ1n) is 9.50. The number of methoxy groups -OCH3 is 1. The van der Waals surface area contributed by atoms with Gasteiger partial charge < -0.3 is 19.9 Å². The van der Waals surface area contributed by atoms with E-state index in [9.17, 15) is 4.79 Å². The molecule has 2 heterocycles. The van der Waals surface area contributed by atoms with Crippen molar-refractivity contribution in [2.75, 3.05) is 20.2 Å². The summed E-state index contributed by atoms with van der Waals surface area (Å²) < 4.78 is 5.30. The van der Waals surface area contributed by atoms with E-state index in [1.165, 1.54) is 10.9 Å². The molecule has 4 rings (SSSR count). The van der Waals surface area contributed by atoms with Crippen LogP contribution in [0.5, 0.6) is 5.75 Å². The SMILES string of the molecule is CCCNC(=O)N1CCc2c([nH]c3ccccc23)[C@H]1c1ccc(OC)cc1. The highest BCUT2D eigenvalue weighted by Crippen LogP contribution is 2.38. The van der Waals surface area contributed by atoms with Gasteiger partial charge in [-0.05, 0) is 42.2 Å². The normalized spacial score (nSPS) is 16.2. The number of hydrogen-bond donors (Lipinski definition) is 2. The first kappa shape index (κ1) is 17.5. The van der Waals surface area contributed by atoms with Gasteiger partial charge >= 0.3 is 6.03 Å². The highest BCUT2D eigenvalue weighted by Gasteiger charge is 2.34. The van der Waals surface area contributed by atoms with Gasteiger partial charge in [0.15, 0.2) is 0 Å². The van der Waals surface area contributed by atoms with Gasteiger partial charge in [0, 0.05) is 29.7 Å². The average molecular weight is 363 g/mol. The molecule has 2 aromatic carbocycles. The number of para-hydroxylation sites is 1. The van der Waals surface area contributed by atoms with Gasteiger partial charge in [-0.2, -0.15) is 0 Å². The van der Waals surface area contributed by atoms with Crippen LogP contribution in [0.25, 0.3) is 10.9 Å². The van der Waals surface area contributed by atoms with Crippen molar-refractivity contribution < 1.29 is 9.53 Å². The predicted octanol–water partition coefficient (Wildman–Crippen LogP) is 4.24. The number of aromatic nitrogens is 1. The number of amides is 2. The third kappa shape index (κ3) is 3.14. The van der Waals surface area contributed by atoms with Crippen molar-refractivity contribution >= 4 is 16.9 Å².